The summed E-state index contributed by atoms with van der Waals surface area (Å²) >= 11 is 13.0. The van der Waals surface area contributed by atoms with Crippen LogP contribution in [0.3, 0.4) is 0 Å². The molecule has 2 fully saturated rings. The second-order valence-electron chi connectivity index (χ2n) is 8.91. The molecule has 0 radical (unpaired) electrons. The first-order valence-electron chi connectivity index (χ1n) is 11.4. The summed E-state index contributed by atoms with van der Waals surface area (Å²) in [5.74, 6) is -0.237. The normalized spacial score (nSPS) is 19.4. The van der Waals surface area contributed by atoms with E-state index in [9.17, 15) is 22.8 Å². The number of carbonyl (C=O) groups excluding carboxylic acids is 2. The summed E-state index contributed by atoms with van der Waals surface area (Å²) in [6.45, 7) is 1.71. The summed E-state index contributed by atoms with van der Waals surface area (Å²) in [4.78, 5) is 28.4. The van der Waals surface area contributed by atoms with E-state index >= 15 is 0 Å². The zero-order valence-corrected chi connectivity index (χ0v) is 20.6. The van der Waals surface area contributed by atoms with Crippen LogP contribution >= 0.6 is 23.2 Å². The maximum Gasteiger partial charge on any atom is 0.416 e. The van der Waals surface area contributed by atoms with E-state index in [0.717, 1.165) is 12.1 Å². The highest BCUT2D eigenvalue weighted by atomic mass is 35.5. The number of piperidine rings is 1. The number of ether oxygens (including phenoxy) is 1. The van der Waals surface area contributed by atoms with E-state index in [2.05, 4.69) is 0 Å². The van der Waals surface area contributed by atoms with Crippen molar-refractivity contribution < 1.29 is 27.5 Å². The Bertz CT molecular complexity index is 1090. The lowest BCUT2D eigenvalue weighted by Gasteiger charge is -2.36. The van der Waals surface area contributed by atoms with Crippen LogP contribution in [-0.4, -0.2) is 54.6 Å². The van der Waals surface area contributed by atoms with Gasteiger partial charge < -0.3 is 14.5 Å². The van der Waals surface area contributed by atoms with Crippen LogP contribution in [0.5, 0.6) is 0 Å². The van der Waals surface area contributed by atoms with Crippen LogP contribution in [0.25, 0.3) is 11.1 Å². The summed E-state index contributed by atoms with van der Waals surface area (Å²) in [6, 6.07) is 8.25. The molecular weight excluding hydrogens is 504 g/mol. The molecule has 188 valence electrons. The van der Waals surface area contributed by atoms with Crippen LogP contribution in [0.2, 0.25) is 10.0 Å². The van der Waals surface area contributed by atoms with Gasteiger partial charge in [0.1, 0.15) is 0 Å². The average Bonchev–Trinajstić information content (AvgIpc) is 3.20. The Hall–Kier alpha value is -2.45. The van der Waals surface area contributed by atoms with Crippen molar-refractivity contribution in [1.82, 2.24) is 9.80 Å². The summed E-state index contributed by atoms with van der Waals surface area (Å²) in [5, 5.41) is 0.644. The van der Waals surface area contributed by atoms with Crippen molar-refractivity contribution in [3.05, 3.63) is 57.6 Å². The highest BCUT2D eigenvalue weighted by molar-refractivity contribution is 6.36. The molecule has 2 aliphatic heterocycles. The van der Waals surface area contributed by atoms with E-state index in [1.54, 1.807) is 23.1 Å². The largest absolute Gasteiger partial charge is 0.453 e. The predicted octanol–water partition coefficient (Wildman–Crippen LogP) is 6.30. The molecule has 0 unspecified atom stereocenters. The third-order valence-electron chi connectivity index (χ3n) is 6.80. The van der Waals surface area contributed by atoms with Gasteiger partial charge in [0.05, 0.1) is 12.7 Å². The minimum Gasteiger partial charge on any atom is -0.453 e. The molecule has 2 aromatic rings. The third-order valence-corrected chi connectivity index (χ3v) is 7.48. The summed E-state index contributed by atoms with van der Waals surface area (Å²) < 4.78 is 44.1. The molecule has 0 aliphatic carbocycles. The summed E-state index contributed by atoms with van der Waals surface area (Å²) in [6.07, 6.45) is -2.39. The zero-order chi connectivity index (χ0) is 25.3. The Kier molecular flexibility index (Phi) is 7.52. The number of benzene rings is 2. The third kappa shape index (κ3) is 5.54. The maximum absolute atomic E-state index is 13.2. The van der Waals surface area contributed by atoms with Crippen LogP contribution in [0, 0.1) is 5.92 Å². The number of hydrogen-bond acceptors (Lipinski definition) is 3. The van der Waals surface area contributed by atoms with Gasteiger partial charge >= 0.3 is 12.3 Å². The van der Waals surface area contributed by atoms with Crippen LogP contribution in [0.1, 0.15) is 30.4 Å². The van der Waals surface area contributed by atoms with Crippen molar-refractivity contribution in [3.8, 4) is 11.1 Å². The van der Waals surface area contributed by atoms with E-state index in [0.29, 0.717) is 72.1 Å². The monoisotopic (exact) mass is 528 g/mol. The predicted molar refractivity (Wildman–Crippen MR) is 127 cm³/mol. The number of hydrogen-bond donors (Lipinski definition) is 0. The van der Waals surface area contributed by atoms with Crippen LogP contribution in [0.15, 0.2) is 36.4 Å². The lowest BCUT2D eigenvalue weighted by Crippen LogP contribution is -2.47. The Balaban J connectivity index is 1.45. The van der Waals surface area contributed by atoms with Gasteiger partial charge in [-0.2, -0.15) is 13.2 Å². The first-order valence-corrected chi connectivity index (χ1v) is 12.1. The van der Waals surface area contributed by atoms with E-state index in [1.807, 2.05) is 4.90 Å². The SMILES string of the molecule is COC(=O)N1CCC(N2CC[C@@H](Cc3c(Cl)cc(-c4cccc(C(F)(F)F)c4)cc3Cl)C2=O)CC1. The van der Waals surface area contributed by atoms with Crippen molar-refractivity contribution >= 4 is 35.2 Å². The fraction of sp³-hybridized carbons (Fsp3) is 0.440. The van der Waals surface area contributed by atoms with Gasteiger partial charge in [-0.25, -0.2) is 4.79 Å². The number of nitrogens with zero attached hydrogens (tertiary/aromatic N) is 2. The number of likely N-dealkylation sites (tertiary alicyclic amines) is 2. The molecule has 0 aromatic heterocycles. The second kappa shape index (κ2) is 10.3. The van der Waals surface area contributed by atoms with Gasteiger partial charge in [-0.1, -0.05) is 35.3 Å². The molecule has 2 amide bonds. The highest BCUT2D eigenvalue weighted by Gasteiger charge is 2.38. The Morgan fingerprint density at radius 1 is 1.03 bits per heavy atom. The maximum atomic E-state index is 13.2. The minimum absolute atomic E-state index is 0.0376. The van der Waals surface area contributed by atoms with Crippen molar-refractivity contribution in [1.29, 1.82) is 0 Å². The van der Waals surface area contributed by atoms with Crippen molar-refractivity contribution in [2.24, 2.45) is 5.92 Å². The second-order valence-corrected chi connectivity index (χ2v) is 9.72. The first kappa shape index (κ1) is 25.6. The molecule has 5 nitrogen and oxygen atoms in total. The number of methoxy groups -OCH3 is 1. The summed E-state index contributed by atoms with van der Waals surface area (Å²) in [5.41, 5.74) is 0.702. The molecule has 0 N–H and O–H groups in total. The van der Waals surface area contributed by atoms with Crippen molar-refractivity contribution in [2.75, 3.05) is 26.7 Å². The Morgan fingerprint density at radius 3 is 2.29 bits per heavy atom. The van der Waals surface area contributed by atoms with Gasteiger partial charge in [0, 0.05) is 41.6 Å². The smallest absolute Gasteiger partial charge is 0.416 e. The van der Waals surface area contributed by atoms with Gasteiger partial charge in [-0.3, -0.25) is 4.79 Å². The van der Waals surface area contributed by atoms with Gasteiger partial charge in [0.15, 0.2) is 0 Å². The van der Waals surface area contributed by atoms with Crippen LogP contribution in [0.4, 0.5) is 18.0 Å². The fourth-order valence-electron chi connectivity index (χ4n) is 4.89. The molecule has 4 rings (SSSR count). The van der Waals surface area contributed by atoms with E-state index < -0.39 is 11.7 Å². The molecule has 10 heteroatoms. The molecule has 0 spiro atoms. The highest BCUT2D eigenvalue weighted by Crippen LogP contribution is 2.38. The number of alkyl halides is 3. The lowest BCUT2D eigenvalue weighted by molar-refractivity contribution is -0.137. The molecule has 2 aromatic carbocycles. The van der Waals surface area contributed by atoms with Crippen LogP contribution in [-0.2, 0) is 22.1 Å². The average molecular weight is 529 g/mol. The Morgan fingerprint density at radius 2 is 1.69 bits per heavy atom. The molecular formula is C25H25Cl2F3N2O3. The van der Waals surface area contributed by atoms with Gasteiger partial charge in [0.2, 0.25) is 5.91 Å². The fourth-order valence-corrected chi connectivity index (χ4v) is 5.53. The summed E-state index contributed by atoms with van der Waals surface area (Å²) in [7, 11) is 1.35. The topological polar surface area (TPSA) is 49.9 Å². The quantitative estimate of drug-likeness (QED) is 0.467. The molecule has 1 atom stereocenters. The zero-order valence-electron chi connectivity index (χ0n) is 19.1. The molecule has 0 bridgehead atoms. The first-order chi connectivity index (χ1) is 16.6. The lowest BCUT2D eigenvalue weighted by atomic mass is 9.95. The number of amides is 2. The van der Waals surface area contributed by atoms with Crippen molar-refractivity contribution in [3.63, 3.8) is 0 Å². The molecule has 0 saturated carbocycles. The molecule has 2 heterocycles. The molecule has 35 heavy (non-hydrogen) atoms. The minimum atomic E-state index is -4.45. The van der Waals surface area contributed by atoms with Crippen LogP contribution < -0.4 is 0 Å². The number of carbonyl (C=O) groups is 2. The van der Waals surface area contributed by atoms with Crippen molar-refractivity contribution in [2.45, 2.75) is 37.9 Å². The van der Waals surface area contributed by atoms with Gasteiger partial charge in [-0.15, -0.1) is 0 Å². The van der Waals surface area contributed by atoms with E-state index in [1.165, 1.54) is 13.2 Å². The molecule has 2 saturated heterocycles. The number of rotatable bonds is 4. The molecule has 2 aliphatic rings. The van der Waals surface area contributed by atoms with Gasteiger partial charge in [-0.05, 0) is 66.6 Å². The van der Waals surface area contributed by atoms with E-state index in [-0.39, 0.29) is 24.0 Å². The van der Waals surface area contributed by atoms with Gasteiger partial charge in [0.25, 0.3) is 0 Å². The standard InChI is InChI=1S/C25H25Cl2F3N2O3/c1-35-24(34)31-8-6-19(7-9-31)32-10-5-16(23(32)33)12-20-21(26)13-17(14-22(20)27)15-3-2-4-18(11-15)25(28,29)30/h2-4,11,13-14,16,19H,5-10,12H2,1H3/t16-/m0/s1. The number of halogens is 5. The van der Waals surface area contributed by atoms with E-state index in [4.69, 9.17) is 27.9 Å². The Labute approximate surface area is 211 Å².